The van der Waals surface area contributed by atoms with Gasteiger partial charge in [0, 0.05) is 19.3 Å². The number of hydrogen-bond acceptors (Lipinski definition) is 4. The number of amides is 1. The molecule has 0 spiro atoms. The van der Waals surface area contributed by atoms with Gasteiger partial charge in [-0.3, -0.25) is 9.69 Å². The van der Waals surface area contributed by atoms with Gasteiger partial charge < -0.3 is 15.8 Å². The van der Waals surface area contributed by atoms with Crippen LogP contribution in [0.1, 0.15) is 12.8 Å². The zero-order chi connectivity index (χ0) is 14.5. The fourth-order valence-corrected chi connectivity index (χ4v) is 2.61. The number of likely N-dealkylation sites (tertiary alicyclic amines) is 1. The molecule has 1 aliphatic heterocycles. The quantitative estimate of drug-likeness (QED) is 0.834. The lowest BCUT2D eigenvalue weighted by Gasteiger charge is -2.31. The molecule has 0 bridgehead atoms. The second-order valence-corrected chi connectivity index (χ2v) is 5.43. The molecule has 1 aliphatic rings. The van der Waals surface area contributed by atoms with Crippen LogP contribution in [0, 0.1) is 0 Å². The van der Waals surface area contributed by atoms with Gasteiger partial charge in [0.2, 0.25) is 5.91 Å². The number of piperidine rings is 1. The van der Waals surface area contributed by atoms with E-state index in [4.69, 9.17) is 22.1 Å². The number of carbonyl (C=O) groups is 1. The minimum atomic E-state index is -0.0755. The highest BCUT2D eigenvalue weighted by Gasteiger charge is 2.21. The molecule has 1 aromatic rings. The van der Waals surface area contributed by atoms with Crippen LogP contribution >= 0.6 is 11.6 Å². The van der Waals surface area contributed by atoms with Gasteiger partial charge in [-0.2, -0.15) is 0 Å². The summed E-state index contributed by atoms with van der Waals surface area (Å²) in [6.07, 6.45) is 2.32. The number of methoxy groups -OCH3 is 1. The van der Waals surface area contributed by atoms with Crippen molar-refractivity contribution in [3.8, 4) is 0 Å². The topological polar surface area (TPSA) is 67.6 Å². The molecule has 3 N–H and O–H groups in total. The molecule has 110 valence electrons. The van der Waals surface area contributed by atoms with Crippen molar-refractivity contribution in [1.29, 1.82) is 0 Å². The molecule has 0 aromatic heterocycles. The minimum Gasteiger partial charge on any atom is -0.399 e. The van der Waals surface area contributed by atoms with Crippen molar-refractivity contribution in [2.24, 2.45) is 0 Å². The number of nitrogens with zero attached hydrogens (tertiary/aromatic N) is 1. The summed E-state index contributed by atoms with van der Waals surface area (Å²) in [6, 6.07) is 5.05. The van der Waals surface area contributed by atoms with Crippen molar-refractivity contribution in [3.05, 3.63) is 23.2 Å². The van der Waals surface area contributed by atoms with E-state index in [1.807, 2.05) is 0 Å². The number of rotatable bonds is 4. The molecule has 20 heavy (non-hydrogen) atoms. The fraction of sp³-hybridized carbons (Fsp3) is 0.500. The Morgan fingerprint density at radius 1 is 1.60 bits per heavy atom. The van der Waals surface area contributed by atoms with Gasteiger partial charge in [0.05, 0.1) is 23.4 Å². The lowest BCUT2D eigenvalue weighted by Crippen LogP contribution is -2.43. The van der Waals surface area contributed by atoms with E-state index in [1.54, 1.807) is 25.3 Å². The Balaban J connectivity index is 1.88. The maximum absolute atomic E-state index is 12.0. The molecule has 1 heterocycles. The first-order valence-electron chi connectivity index (χ1n) is 6.68. The van der Waals surface area contributed by atoms with Crippen molar-refractivity contribution in [3.63, 3.8) is 0 Å². The Labute approximate surface area is 124 Å². The highest BCUT2D eigenvalue weighted by Crippen LogP contribution is 2.24. The molecule has 0 radical (unpaired) electrons. The first-order valence-corrected chi connectivity index (χ1v) is 7.06. The van der Waals surface area contributed by atoms with Gasteiger partial charge in [0.1, 0.15) is 0 Å². The lowest BCUT2D eigenvalue weighted by atomic mass is 10.1. The predicted molar refractivity (Wildman–Crippen MR) is 81.0 cm³/mol. The van der Waals surface area contributed by atoms with Crippen molar-refractivity contribution in [2.45, 2.75) is 18.9 Å². The maximum atomic E-state index is 12.0. The standard InChI is InChI=1S/C14H20ClN3O2/c1-20-11-3-2-6-18(8-11)9-14(19)17-13-5-4-10(16)7-12(13)15/h4-5,7,11H,2-3,6,8-9,16H2,1H3,(H,17,19). The number of nitrogen functional groups attached to an aromatic ring is 1. The molecule has 1 aromatic carbocycles. The summed E-state index contributed by atoms with van der Waals surface area (Å²) in [7, 11) is 1.71. The Bertz CT molecular complexity index is 481. The third-order valence-corrected chi connectivity index (χ3v) is 3.74. The molecule has 6 heteroatoms. The summed E-state index contributed by atoms with van der Waals surface area (Å²) < 4.78 is 5.35. The van der Waals surface area contributed by atoms with Crippen LogP contribution in [0.15, 0.2) is 18.2 Å². The molecular formula is C14H20ClN3O2. The number of hydrogen-bond donors (Lipinski definition) is 2. The van der Waals surface area contributed by atoms with E-state index in [2.05, 4.69) is 10.2 Å². The van der Waals surface area contributed by atoms with Crippen LogP contribution in [0.25, 0.3) is 0 Å². The molecular weight excluding hydrogens is 278 g/mol. The number of halogens is 1. The normalized spacial score (nSPS) is 19.8. The summed E-state index contributed by atoms with van der Waals surface area (Å²) in [4.78, 5) is 14.1. The molecule has 1 amide bonds. The molecule has 0 aliphatic carbocycles. The molecule has 2 rings (SSSR count). The van der Waals surface area contributed by atoms with E-state index < -0.39 is 0 Å². The van der Waals surface area contributed by atoms with E-state index in [1.165, 1.54) is 0 Å². The van der Waals surface area contributed by atoms with Gasteiger partial charge in [0.15, 0.2) is 0 Å². The third kappa shape index (κ3) is 4.10. The minimum absolute atomic E-state index is 0.0755. The lowest BCUT2D eigenvalue weighted by molar-refractivity contribution is -0.118. The zero-order valence-corrected chi connectivity index (χ0v) is 12.3. The van der Waals surface area contributed by atoms with Crippen molar-refractivity contribution in [1.82, 2.24) is 4.90 Å². The molecule has 1 atom stereocenters. The van der Waals surface area contributed by atoms with Crippen LogP contribution in [-0.4, -0.2) is 43.7 Å². The van der Waals surface area contributed by atoms with Gasteiger partial charge in [-0.15, -0.1) is 0 Å². The second kappa shape index (κ2) is 6.92. The van der Waals surface area contributed by atoms with Crippen LogP contribution in [0.2, 0.25) is 5.02 Å². The maximum Gasteiger partial charge on any atom is 0.238 e. The first kappa shape index (κ1) is 15.1. The molecule has 1 fully saturated rings. The Hall–Kier alpha value is -1.30. The third-order valence-electron chi connectivity index (χ3n) is 3.43. The fourth-order valence-electron chi connectivity index (χ4n) is 2.37. The van der Waals surface area contributed by atoms with E-state index in [9.17, 15) is 4.79 Å². The van der Waals surface area contributed by atoms with E-state index in [0.717, 1.165) is 25.9 Å². The second-order valence-electron chi connectivity index (χ2n) is 5.02. The summed E-state index contributed by atoms with van der Waals surface area (Å²) in [6.45, 7) is 2.06. The number of carbonyl (C=O) groups excluding carboxylic acids is 1. The number of benzene rings is 1. The summed E-state index contributed by atoms with van der Waals surface area (Å²) >= 11 is 6.03. The van der Waals surface area contributed by atoms with Crippen molar-refractivity contribution in [2.75, 3.05) is 37.8 Å². The number of nitrogens with two attached hydrogens (primary N) is 1. The monoisotopic (exact) mass is 297 g/mol. The van der Waals surface area contributed by atoms with E-state index >= 15 is 0 Å². The smallest absolute Gasteiger partial charge is 0.238 e. The largest absolute Gasteiger partial charge is 0.399 e. The van der Waals surface area contributed by atoms with Gasteiger partial charge in [-0.25, -0.2) is 0 Å². The zero-order valence-electron chi connectivity index (χ0n) is 11.6. The summed E-state index contributed by atoms with van der Waals surface area (Å²) in [5.74, 6) is -0.0755. The average molecular weight is 298 g/mol. The van der Waals surface area contributed by atoms with Gasteiger partial charge >= 0.3 is 0 Å². The van der Waals surface area contributed by atoms with Crippen LogP contribution in [-0.2, 0) is 9.53 Å². The molecule has 1 saturated heterocycles. The Morgan fingerprint density at radius 3 is 3.10 bits per heavy atom. The van der Waals surface area contributed by atoms with Gasteiger partial charge in [-0.1, -0.05) is 11.6 Å². The first-order chi connectivity index (χ1) is 9.58. The summed E-state index contributed by atoms with van der Waals surface area (Å²) in [5.41, 5.74) is 6.78. The summed E-state index contributed by atoms with van der Waals surface area (Å²) in [5, 5.41) is 3.26. The van der Waals surface area contributed by atoms with Crippen LogP contribution < -0.4 is 11.1 Å². The predicted octanol–water partition coefficient (Wildman–Crippen LogP) is 1.97. The SMILES string of the molecule is COC1CCCN(CC(=O)Nc2ccc(N)cc2Cl)C1. The molecule has 0 saturated carbocycles. The number of ether oxygens (including phenoxy) is 1. The number of nitrogens with one attached hydrogen (secondary N) is 1. The van der Waals surface area contributed by atoms with E-state index in [0.29, 0.717) is 22.9 Å². The molecule has 1 unspecified atom stereocenters. The van der Waals surface area contributed by atoms with Crippen LogP contribution in [0.5, 0.6) is 0 Å². The van der Waals surface area contributed by atoms with Crippen molar-refractivity contribution >= 4 is 28.9 Å². The van der Waals surface area contributed by atoms with E-state index in [-0.39, 0.29) is 12.0 Å². The van der Waals surface area contributed by atoms with Crippen LogP contribution in [0.4, 0.5) is 11.4 Å². The average Bonchev–Trinajstić information content (AvgIpc) is 2.42. The number of anilines is 2. The molecule has 5 nitrogen and oxygen atoms in total. The highest BCUT2D eigenvalue weighted by molar-refractivity contribution is 6.34. The highest BCUT2D eigenvalue weighted by atomic mass is 35.5. The van der Waals surface area contributed by atoms with Gasteiger partial charge in [0.25, 0.3) is 0 Å². The Kier molecular flexibility index (Phi) is 5.23. The van der Waals surface area contributed by atoms with Crippen molar-refractivity contribution < 1.29 is 9.53 Å². The van der Waals surface area contributed by atoms with Gasteiger partial charge in [-0.05, 0) is 37.6 Å². The Morgan fingerprint density at radius 2 is 2.40 bits per heavy atom. The van der Waals surface area contributed by atoms with Crippen LogP contribution in [0.3, 0.4) is 0 Å².